The standard InChI is InChI=1S/C20H16N4O2S/c1-27(25,26)24-16-4-2-3-15(13-16)18-5-6-19-20(23-18)17(9-12-22-19)14-7-10-21-11-8-14/h2-13,24H,1H3. The Hall–Kier alpha value is -3.32. The molecule has 0 aliphatic rings. The van der Waals surface area contributed by atoms with Crippen molar-refractivity contribution in [2.24, 2.45) is 0 Å². The number of aromatic nitrogens is 3. The highest BCUT2D eigenvalue weighted by molar-refractivity contribution is 7.92. The molecule has 6 nitrogen and oxygen atoms in total. The van der Waals surface area contributed by atoms with E-state index in [1.165, 1.54) is 0 Å². The van der Waals surface area contributed by atoms with E-state index in [1.54, 1.807) is 36.8 Å². The molecule has 0 aliphatic heterocycles. The van der Waals surface area contributed by atoms with Gasteiger partial charge in [0.15, 0.2) is 0 Å². The second-order valence-electron chi connectivity index (χ2n) is 6.11. The van der Waals surface area contributed by atoms with Gasteiger partial charge in [-0.15, -0.1) is 0 Å². The van der Waals surface area contributed by atoms with Gasteiger partial charge in [0.05, 0.1) is 23.0 Å². The summed E-state index contributed by atoms with van der Waals surface area (Å²) in [6, 6.07) is 16.7. The van der Waals surface area contributed by atoms with Crippen LogP contribution >= 0.6 is 0 Å². The summed E-state index contributed by atoms with van der Waals surface area (Å²) in [7, 11) is -3.34. The molecule has 3 heterocycles. The van der Waals surface area contributed by atoms with Crippen LogP contribution in [0.15, 0.2) is 73.2 Å². The zero-order valence-electron chi connectivity index (χ0n) is 14.5. The SMILES string of the molecule is CS(=O)(=O)Nc1cccc(-c2ccc3nccc(-c4ccncc4)c3n2)c1. The molecule has 0 fully saturated rings. The quantitative estimate of drug-likeness (QED) is 0.587. The fraction of sp³-hybridized carbons (Fsp3) is 0.0500. The molecule has 0 unspecified atom stereocenters. The predicted octanol–water partition coefficient (Wildman–Crippen LogP) is 3.73. The summed E-state index contributed by atoms with van der Waals surface area (Å²) < 4.78 is 25.5. The topological polar surface area (TPSA) is 84.8 Å². The molecule has 0 saturated carbocycles. The molecule has 134 valence electrons. The third-order valence-corrected chi connectivity index (χ3v) is 4.64. The van der Waals surface area contributed by atoms with Crippen molar-refractivity contribution >= 4 is 26.7 Å². The zero-order chi connectivity index (χ0) is 18.9. The average molecular weight is 376 g/mol. The van der Waals surface area contributed by atoms with Crippen LogP contribution in [0.3, 0.4) is 0 Å². The third kappa shape index (κ3) is 3.78. The Kier molecular flexibility index (Phi) is 4.29. The van der Waals surface area contributed by atoms with Gasteiger partial charge >= 0.3 is 0 Å². The number of nitrogens with one attached hydrogen (secondary N) is 1. The Morgan fingerprint density at radius 3 is 2.48 bits per heavy atom. The van der Waals surface area contributed by atoms with Gasteiger partial charge < -0.3 is 0 Å². The van der Waals surface area contributed by atoms with Crippen LogP contribution in [-0.2, 0) is 10.0 Å². The molecule has 0 aliphatic carbocycles. The number of benzene rings is 1. The van der Waals surface area contributed by atoms with E-state index in [0.29, 0.717) is 5.69 Å². The predicted molar refractivity (Wildman–Crippen MR) is 107 cm³/mol. The Labute approximate surface area is 157 Å². The lowest BCUT2D eigenvalue weighted by atomic mass is 10.0. The highest BCUT2D eigenvalue weighted by atomic mass is 32.2. The van der Waals surface area contributed by atoms with Gasteiger partial charge in [0, 0.05) is 35.4 Å². The molecule has 3 aromatic heterocycles. The lowest BCUT2D eigenvalue weighted by Gasteiger charge is -2.09. The Morgan fingerprint density at radius 2 is 1.70 bits per heavy atom. The molecule has 0 spiro atoms. The van der Waals surface area contributed by atoms with E-state index in [1.807, 2.05) is 36.4 Å². The van der Waals surface area contributed by atoms with E-state index in [2.05, 4.69) is 14.7 Å². The number of rotatable bonds is 4. The van der Waals surface area contributed by atoms with Crippen LogP contribution in [0.5, 0.6) is 0 Å². The maximum Gasteiger partial charge on any atom is 0.229 e. The minimum absolute atomic E-state index is 0.498. The van der Waals surface area contributed by atoms with Gasteiger partial charge in [-0.1, -0.05) is 12.1 Å². The lowest BCUT2D eigenvalue weighted by Crippen LogP contribution is -2.09. The highest BCUT2D eigenvalue weighted by Crippen LogP contribution is 2.29. The van der Waals surface area contributed by atoms with Crippen molar-refractivity contribution < 1.29 is 8.42 Å². The number of sulfonamides is 1. The van der Waals surface area contributed by atoms with Crippen LogP contribution < -0.4 is 4.72 Å². The number of pyridine rings is 3. The summed E-state index contributed by atoms with van der Waals surface area (Å²) in [5, 5.41) is 0. The summed E-state index contributed by atoms with van der Waals surface area (Å²) in [4.78, 5) is 13.3. The van der Waals surface area contributed by atoms with Gasteiger partial charge in [0.1, 0.15) is 0 Å². The van der Waals surface area contributed by atoms with Crippen molar-refractivity contribution in [1.82, 2.24) is 15.0 Å². The van der Waals surface area contributed by atoms with Crippen molar-refractivity contribution in [3.63, 3.8) is 0 Å². The minimum Gasteiger partial charge on any atom is -0.284 e. The summed E-state index contributed by atoms with van der Waals surface area (Å²) in [6.07, 6.45) is 6.37. The molecule has 4 aromatic rings. The maximum absolute atomic E-state index is 11.5. The molecule has 0 atom stereocenters. The van der Waals surface area contributed by atoms with Crippen LogP contribution in [0.2, 0.25) is 0 Å². The van der Waals surface area contributed by atoms with Gasteiger partial charge in [-0.3, -0.25) is 14.7 Å². The van der Waals surface area contributed by atoms with Crippen molar-refractivity contribution in [1.29, 1.82) is 0 Å². The van der Waals surface area contributed by atoms with Crippen LogP contribution in [0, 0.1) is 0 Å². The molecule has 0 radical (unpaired) electrons. The summed E-state index contributed by atoms with van der Waals surface area (Å²) in [6.45, 7) is 0. The number of hydrogen-bond donors (Lipinski definition) is 1. The largest absolute Gasteiger partial charge is 0.284 e. The van der Waals surface area contributed by atoms with Gasteiger partial charge in [-0.2, -0.15) is 0 Å². The molecule has 1 N–H and O–H groups in total. The fourth-order valence-corrected chi connectivity index (χ4v) is 3.46. The van der Waals surface area contributed by atoms with Gasteiger partial charge in [-0.25, -0.2) is 13.4 Å². The Balaban J connectivity index is 1.84. The van der Waals surface area contributed by atoms with Crippen molar-refractivity contribution in [3.05, 3.63) is 73.2 Å². The van der Waals surface area contributed by atoms with Crippen LogP contribution in [0.1, 0.15) is 0 Å². The summed E-state index contributed by atoms with van der Waals surface area (Å²) in [5.74, 6) is 0. The van der Waals surface area contributed by atoms with Gasteiger partial charge in [0.25, 0.3) is 0 Å². The van der Waals surface area contributed by atoms with Crippen molar-refractivity contribution in [2.75, 3.05) is 11.0 Å². The minimum atomic E-state index is -3.34. The van der Waals surface area contributed by atoms with E-state index < -0.39 is 10.0 Å². The first-order chi connectivity index (χ1) is 13.0. The van der Waals surface area contributed by atoms with E-state index in [4.69, 9.17) is 4.98 Å². The smallest absolute Gasteiger partial charge is 0.229 e. The van der Waals surface area contributed by atoms with E-state index >= 15 is 0 Å². The second-order valence-corrected chi connectivity index (χ2v) is 7.86. The molecule has 7 heteroatoms. The van der Waals surface area contributed by atoms with E-state index in [9.17, 15) is 8.42 Å². The molecule has 1 aromatic carbocycles. The first kappa shape index (κ1) is 17.1. The van der Waals surface area contributed by atoms with E-state index in [0.717, 1.165) is 39.7 Å². The lowest BCUT2D eigenvalue weighted by molar-refractivity contribution is 0.607. The van der Waals surface area contributed by atoms with Crippen LogP contribution in [-0.4, -0.2) is 29.6 Å². The van der Waals surface area contributed by atoms with E-state index in [-0.39, 0.29) is 0 Å². The summed E-state index contributed by atoms with van der Waals surface area (Å²) in [5.41, 5.74) is 5.60. The van der Waals surface area contributed by atoms with Gasteiger partial charge in [0.2, 0.25) is 10.0 Å². The molecule has 0 bridgehead atoms. The molecule has 0 saturated heterocycles. The molecule has 27 heavy (non-hydrogen) atoms. The summed E-state index contributed by atoms with van der Waals surface area (Å²) >= 11 is 0. The number of hydrogen-bond acceptors (Lipinski definition) is 5. The first-order valence-electron chi connectivity index (χ1n) is 8.24. The third-order valence-electron chi connectivity index (χ3n) is 4.04. The number of anilines is 1. The van der Waals surface area contributed by atoms with Gasteiger partial charge in [-0.05, 0) is 48.0 Å². The number of nitrogens with zero attached hydrogens (tertiary/aromatic N) is 3. The fourth-order valence-electron chi connectivity index (χ4n) is 2.91. The second kappa shape index (κ2) is 6.77. The van der Waals surface area contributed by atoms with Crippen molar-refractivity contribution in [3.8, 4) is 22.4 Å². The zero-order valence-corrected chi connectivity index (χ0v) is 15.3. The number of fused-ring (bicyclic) bond motifs is 1. The Bertz CT molecular complexity index is 1230. The van der Waals surface area contributed by atoms with Crippen molar-refractivity contribution in [2.45, 2.75) is 0 Å². The molecular formula is C20H16N4O2S. The molecule has 4 rings (SSSR count). The maximum atomic E-state index is 11.5. The highest BCUT2D eigenvalue weighted by Gasteiger charge is 2.09. The molecule has 0 amide bonds. The normalized spacial score (nSPS) is 11.4. The first-order valence-corrected chi connectivity index (χ1v) is 10.1. The Morgan fingerprint density at radius 1 is 0.889 bits per heavy atom. The monoisotopic (exact) mass is 376 g/mol. The van der Waals surface area contributed by atoms with Crippen LogP contribution in [0.25, 0.3) is 33.4 Å². The average Bonchev–Trinajstić information content (AvgIpc) is 2.67. The van der Waals surface area contributed by atoms with Crippen LogP contribution in [0.4, 0.5) is 5.69 Å². The molecular weight excluding hydrogens is 360 g/mol.